The van der Waals surface area contributed by atoms with Crippen molar-refractivity contribution in [2.75, 3.05) is 7.05 Å². The topological polar surface area (TPSA) is 38.1 Å². The average molecular weight is 296 g/mol. The Hall–Kier alpha value is -1.59. The molecule has 6 heteroatoms. The van der Waals surface area contributed by atoms with Crippen LogP contribution in [0.1, 0.15) is 10.4 Å². The summed E-state index contributed by atoms with van der Waals surface area (Å²) in [5.41, 5.74) is 0.906. The lowest BCUT2D eigenvalue weighted by molar-refractivity contribution is -0.125. The average Bonchev–Trinajstić information content (AvgIpc) is 2.95. The molecule has 0 bridgehead atoms. The maximum absolute atomic E-state index is 11.9. The minimum atomic E-state index is -0.0478. The number of likely N-dealkylation sites (N-methyl/N-ethyl adjacent to an activating group) is 1. The fourth-order valence-corrected chi connectivity index (χ4v) is 2.71. The van der Waals surface area contributed by atoms with E-state index in [9.17, 15) is 4.79 Å². The third kappa shape index (κ3) is 3.94. The number of carbonyl (C=O) groups is 1. The maximum Gasteiger partial charge on any atom is 0.246 e. The summed E-state index contributed by atoms with van der Waals surface area (Å²) >= 11 is 7.34. The van der Waals surface area contributed by atoms with Gasteiger partial charge in [0.15, 0.2) is 0 Å². The third-order valence-corrected chi connectivity index (χ3v) is 3.76. The summed E-state index contributed by atoms with van der Waals surface area (Å²) in [6.45, 7) is 0.563. The predicted molar refractivity (Wildman–Crippen MR) is 78.0 cm³/mol. The van der Waals surface area contributed by atoms with E-state index >= 15 is 0 Å². The Bertz CT molecular complexity index is 603. The lowest BCUT2D eigenvalue weighted by Crippen LogP contribution is -2.23. The first-order valence-corrected chi connectivity index (χ1v) is 6.90. The number of hydrogen-bond acceptors (Lipinski definition) is 3. The Morgan fingerprint density at radius 2 is 2.37 bits per heavy atom. The van der Waals surface area contributed by atoms with Crippen LogP contribution in [0.4, 0.5) is 0 Å². The highest BCUT2D eigenvalue weighted by molar-refractivity contribution is 7.16. The van der Waals surface area contributed by atoms with Gasteiger partial charge in [-0.1, -0.05) is 11.6 Å². The van der Waals surface area contributed by atoms with E-state index in [0.29, 0.717) is 6.54 Å². The molecule has 100 valence electrons. The van der Waals surface area contributed by atoms with Gasteiger partial charge in [0.1, 0.15) is 0 Å². The zero-order chi connectivity index (χ0) is 13.8. The zero-order valence-electron chi connectivity index (χ0n) is 10.7. The summed E-state index contributed by atoms with van der Waals surface area (Å²) in [5.74, 6) is -0.0478. The second-order valence-corrected chi connectivity index (χ2v) is 5.98. The summed E-state index contributed by atoms with van der Waals surface area (Å²) in [7, 11) is 3.61. The summed E-state index contributed by atoms with van der Waals surface area (Å²) in [5, 5.41) is 4.04. The molecule has 0 saturated carbocycles. The van der Waals surface area contributed by atoms with Gasteiger partial charge in [0, 0.05) is 36.8 Å². The van der Waals surface area contributed by atoms with Gasteiger partial charge in [0.2, 0.25) is 5.91 Å². The highest BCUT2D eigenvalue weighted by atomic mass is 35.5. The Labute approximate surface area is 120 Å². The monoisotopic (exact) mass is 295 g/mol. The van der Waals surface area contributed by atoms with Crippen molar-refractivity contribution < 1.29 is 4.79 Å². The summed E-state index contributed by atoms with van der Waals surface area (Å²) in [6.07, 6.45) is 6.87. The molecular weight excluding hydrogens is 282 g/mol. The number of thiophene rings is 1. The minimum Gasteiger partial charge on any atom is -0.337 e. The van der Waals surface area contributed by atoms with E-state index < -0.39 is 0 Å². The van der Waals surface area contributed by atoms with Crippen LogP contribution in [0.2, 0.25) is 4.34 Å². The summed E-state index contributed by atoms with van der Waals surface area (Å²) in [4.78, 5) is 14.6. The van der Waals surface area contributed by atoms with E-state index in [0.717, 1.165) is 14.8 Å². The molecule has 0 aliphatic rings. The van der Waals surface area contributed by atoms with Crippen molar-refractivity contribution in [3.8, 4) is 0 Å². The van der Waals surface area contributed by atoms with Gasteiger partial charge in [-0.15, -0.1) is 11.3 Å². The molecule has 0 unspecified atom stereocenters. The van der Waals surface area contributed by atoms with Gasteiger partial charge in [0.05, 0.1) is 17.1 Å². The van der Waals surface area contributed by atoms with E-state index in [1.807, 2.05) is 25.4 Å². The summed E-state index contributed by atoms with van der Waals surface area (Å²) in [6, 6.07) is 3.77. The molecular formula is C13H14ClN3OS. The van der Waals surface area contributed by atoms with Crippen LogP contribution in [0.25, 0.3) is 6.08 Å². The molecule has 0 aliphatic carbocycles. The van der Waals surface area contributed by atoms with Crippen LogP contribution in [-0.2, 0) is 18.4 Å². The quantitative estimate of drug-likeness (QED) is 0.814. The zero-order valence-corrected chi connectivity index (χ0v) is 12.3. The number of nitrogens with zero attached hydrogens (tertiary/aromatic N) is 3. The van der Waals surface area contributed by atoms with Gasteiger partial charge in [-0.3, -0.25) is 9.48 Å². The molecule has 4 nitrogen and oxygen atoms in total. The van der Waals surface area contributed by atoms with Crippen LogP contribution in [0.3, 0.4) is 0 Å². The van der Waals surface area contributed by atoms with Crippen molar-refractivity contribution in [3.05, 3.63) is 45.4 Å². The number of carbonyl (C=O) groups excluding carboxylic acids is 1. The van der Waals surface area contributed by atoms with Crippen LogP contribution in [0, 0.1) is 0 Å². The van der Waals surface area contributed by atoms with Crippen LogP contribution in [0.15, 0.2) is 30.6 Å². The predicted octanol–water partition coefficient (Wildman–Crippen LogP) is 2.81. The van der Waals surface area contributed by atoms with Crippen molar-refractivity contribution in [1.82, 2.24) is 14.7 Å². The number of aromatic nitrogens is 2. The second kappa shape index (κ2) is 6.04. The third-order valence-electron chi connectivity index (χ3n) is 2.54. The number of rotatable bonds is 4. The number of amides is 1. The number of hydrogen-bond donors (Lipinski definition) is 0. The van der Waals surface area contributed by atoms with Gasteiger partial charge in [0.25, 0.3) is 0 Å². The smallest absolute Gasteiger partial charge is 0.246 e. The van der Waals surface area contributed by atoms with E-state index in [-0.39, 0.29) is 5.91 Å². The van der Waals surface area contributed by atoms with E-state index in [1.165, 1.54) is 11.3 Å². The summed E-state index contributed by atoms with van der Waals surface area (Å²) < 4.78 is 2.43. The SMILES string of the molecule is CN(Cc1ccc(Cl)s1)C(=O)/C=C/c1cnn(C)c1. The second-order valence-electron chi connectivity index (χ2n) is 4.18. The molecule has 0 fully saturated rings. The van der Waals surface area contributed by atoms with Gasteiger partial charge < -0.3 is 4.90 Å². The van der Waals surface area contributed by atoms with Crippen molar-refractivity contribution in [2.45, 2.75) is 6.54 Å². The fraction of sp³-hybridized carbons (Fsp3) is 0.231. The first-order valence-electron chi connectivity index (χ1n) is 5.70. The highest BCUT2D eigenvalue weighted by Gasteiger charge is 2.07. The van der Waals surface area contributed by atoms with Crippen LogP contribution in [0.5, 0.6) is 0 Å². The Morgan fingerprint density at radius 3 is 2.95 bits per heavy atom. The molecule has 0 aliphatic heterocycles. The number of aryl methyl sites for hydroxylation is 1. The van der Waals surface area contributed by atoms with Gasteiger partial charge in [-0.05, 0) is 18.2 Å². The van der Waals surface area contributed by atoms with Gasteiger partial charge >= 0.3 is 0 Å². The normalized spacial score (nSPS) is 11.1. The standard InChI is InChI=1S/C13H14ClN3OS/c1-16(9-11-4-5-12(14)19-11)13(18)6-3-10-7-15-17(2)8-10/h3-8H,9H2,1-2H3/b6-3+. The number of halogens is 1. The molecule has 1 amide bonds. The molecule has 0 aromatic carbocycles. The van der Waals surface area contributed by atoms with E-state index in [2.05, 4.69) is 5.10 Å². The molecule has 2 heterocycles. The largest absolute Gasteiger partial charge is 0.337 e. The first kappa shape index (κ1) is 13.8. The first-order chi connectivity index (χ1) is 9.04. The van der Waals surface area contributed by atoms with E-state index in [1.54, 1.807) is 35.0 Å². The molecule has 0 spiro atoms. The van der Waals surface area contributed by atoms with Crippen molar-refractivity contribution in [3.63, 3.8) is 0 Å². The molecule has 0 N–H and O–H groups in total. The van der Waals surface area contributed by atoms with E-state index in [4.69, 9.17) is 11.6 Å². The van der Waals surface area contributed by atoms with Crippen LogP contribution < -0.4 is 0 Å². The van der Waals surface area contributed by atoms with Crippen LogP contribution >= 0.6 is 22.9 Å². The van der Waals surface area contributed by atoms with Crippen LogP contribution in [-0.4, -0.2) is 27.6 Å². The van der Waals surface area contributed by atoms with Crippen molar-refractivity contribution in [1.29, 1.82) is 0 Å². The molecule has 0 saturated heterocycles. The van der Waals surface area contributed by atoms with Gasteiger partial charge in [-0.2, -0.15) is 5.10 Å². The molecule has 2 aromatic rings. The lowest BCUT2D eigenvalue weighted by atomic mass is 10.3. The van der Waals surface area contributed by atoms with Crippen molar-refractivity contribution in [2.24, 2.45) is 7.05 Å². The molecule has 19 heavy (non-hydrogen) atoms. The minimum absolute atomic E-state index is 0.0478. The molecule has 2 rings (SSSR count). The van der Waals surface area contributed by atoms with Gasteiger partial charge in [-0.25, -0.2) is 0 Å². The molecule has 0 radical (unpaired) electrons. The highest BCUT2D eigenvalue weighted by Crippen LogP contribution is 2.22. The Balaban J connectivity index is 1.94. The molecule has 2 aromatic heterocycles. The lowest BCUT2D eigenvalue weighted by Gasteiger charge is -2.13. The Kier molecular flexibility index (Phi) is 4.39. The Morgan fingerprint density at radius 1 is 1.58 bits per heavy atom. The molecule has 0 atom stereocenters. The van der Waals surface area contributed by atoms with Crippen molar-refractivity contribution >= 4 is 34.9 Å². The maximum atomic E-state index is 11.9. The fourth-order valence-electron chi connectivity index (χ4n) is 1.57.